The summed E-state index contributed by atoms with van der Waals surface area (Å²) in [5.41, 5.74) is 0.449. The molecular weight excluding hydrogens is 374 g/mol. The number of ether oxygens (including phenoxy) is 1. The summed E-state index contributed by atoms with van der Waals surface area (Å²) in [5.74, 6) is 0.518. The highest BCUT2D eigenvalue weighted by atomic mass is 35.5. The second-order valence-electron chi connectivity index (χ2n) is 5.96. The number of aromatic nitrogens is 2. The number of halogens is 1. The van der Waals surface area contributed by atoms with E-state index in [1.807, 2.05) is 6.07 Å². The Morgan fingerprint density at radius 3 is 2.59 bits per heavy atom. The Morgan fingerprint density at radius 2 is 1.96 bits per heavy atom. The van der Waals surface area contributed by atoms with Crippen LogP contribution in [0.3, 0.4) is 0 Å². The number of carbonyl (C=O) groups excluding carboxylic acids is 1. The average Bonchev–Trinajstić information content (AvgIpc) is 2.95. The van der Waals surface area contributed by atoms with Crippen molar-refractivity contribution in [2.24, 2.45) is 0 Å². The summed E-state index contributed by atoms with van der Waals surface area (Å²) in [7, 11) is 0. The van der Waals surface area contributed by atoms with Crippen LogP contribution in [-0.4, -0.2) is 44.5 Å². The third-order valence-corrected chi connectivity index (χ3v) is 4.18. The molecule has 140 valence electrons. The summed E-state index contributed by atoms with van der Waals surface area (Å²) in [6.45, 7) is 0. The highest BCUT2D eigenvalue weighted by Crippen LogP contribution is 2.32. The van der Waals surface area contributed by atoms with E-state index in [9.17, 15) is 15.0 Å². The number of rotatable bonds is 4. The quantitative estimate of drug-likeness (QED) is 0.625. The van der Waals surface area contributed by atoms with E-state index in [0.29, 0.717) is 16.5 Å². The maximum Gasteiger partial charge on any atom is 0.325 e. The number of nitrogens with zero attached hydrogens (tertiary/aromatic N) is 3. The number of hydrogen-bond acceptors (Lipinski definition) is 7. The molecule has 27 heavy (non-hydrogen) atoms. The number of hydrogen-bond donors (Lipinski definition) is 4. The average molecular weight is 390 g/mol. The van der Waals surface area contributed by atoms with Gasteiger partial charge in [0.15, 0.2) is 11.5 Å². The Morgan fingerprint density at radius 1 is 1.22 bits per heavy atom. The van der Waals surface area contributed by atoms with E-state index in [-0.39, 0.29) is 30.5 Å². The van der Waals surface area contributed by atoms with Gasteiger partial charge in [-0.25, -0.2) is 14.8 Å². The number of amides is 2. The molecular formula is C17H16ClN5O4. The molecule has 10 heteroatoms. The SMILES string of the molecule is N#Cc1cnc(NC(=O)Nc2cc(Cl)ccc2OC2C[C@H](O)[C@@H](O)C2)cn1. The zero-order chi connectivity index (χ0) is 19.4. The van der Waals surface area contributed by atoms with Gasteiger partial charge in [0.1, 0.15) is 17.9 Å². The predicted octanol–water partition coefficient (Wildman–Crippen LogP) is 1.91. The lowest BCUT2D eigenvalue weighted by Gasteiger charge is -2.17. The fourth-order valence-corrected chi connectivity index (χ4v) is 2.82. The molecule has 1 aromatic heterocycles. The van der Waals surface area contributed by atoms with Crippen molar-refractivity contribution < 1.29 is 19.7 Å². The lowest BCUT2D eigenvalue weighted by atomic mass is 10.2. The largest absolute Gasteiger partial charge is 0.488 e. The highest BCUT2D eigenvalue weighted by Gasteiger charge is 2.33. The lowest BCUT2D eigenvalue weighted by Crippen LogP contribution is -2.21. The number of carbonyl (C=O) groups is 1. The van der Waals surface area contributed by atoms with E-state index >= 15 is 0 Å². The molecule has 1 aromatic carbocycles. The molecule has 9 nitrogen and oxygen atoms in total. The highest BCUT2D eigenvalue weighted by molar-refractivity contribution is 6.31. The van der Waals surface area contributed by atoms with Crippen LogP contribution >= 0.6 is 11.6 Å². The Labute approximate surface area is 159 Å². The number of anilines is 2. The molecule has 0 saturated heterocycles. The smallest absolute Gasteiger partial charge is 0.325 e. The summed E-state index contributed by atoms with van der Waals surface area (Å²) in [6, 6.07) is 5.94. The van der Waals surface area contributed by atoms with Gasteiger partial charge in [0.2, 0.25) is 0 Å². The predicted molar refractivity (Wildman–Crippen MR) is 96.5 cm³/mol. The fraction of sp³-hybridized carbons (Fsp3) is 0.294. The third-order valence-electron chi connectivity index (χ3n) is 3.94. The Hall–Kier alpha value is -2.93. The number of nitriles is 1. The topological polar surface area (TPSA) is 140 Å². The summed E-state index contributed by atoms with van der Waals surface area (Å²) in [4.78, 5) is 19.9. The van der Waals surface area contributed by atoms with E-state index in [1.54, 1.807) is 12.1 Å². The van der Waals surface area contributed by atoms with Crippen molar-refractivity contribution in [1.82, 2.24) is 9.97 Å². The van der Waals surface area contributed by atoms with E-state index in [2.05, 4.69) is 20.6 Å². The minimum Gasteiger partial charge on any atom is -0.488 e. The Balaban J connectivity index is 1.68. The summed E-state index contributed by atoms with van der Waals surface area (Å²) < 4.78 is 5.80. The Bertz CT molecular complexity index is 861. The maximum absolute atomic E-state index is 12.2. The van der Waals surface area contributed by atoms with Gasteiger partial charge in [-0.15, -0.1) is 0 Å². The fourth-order valence-electron chi connectivity index (χ4n) is 2.65. The zero-order valence-electron chi connectivity index (χ0n) is 14.0. The van der Waals surface area contributed by atoms with Gasteiger partial charge in [-0.1, -0.05) is 11.6 Å². The van der Waals surface area contributed by atoms with Crippen LogP contribution in [0.2, 0.25) is 5.02 Å². The van der Waals surface area contributed by atoms with Crippen molar-refractivity contribution in [1.29, 1.82) is 5.26 Å². The van der Waals surface area contributed by atoms with Gasteiger partial charge in [-0.3, -0.25) is 5.32 Å². The van der Waals surface area contributed by atoms with Crippen molar-refractivity contribution in [3.63, 3.8) is 0 Å². The normalized spacial score (nSPS) is 19.3. The van der Waals surface area contributed by atoms with Crippen molar-refractivity contribution in [3.05, 3.63) is 41.3 Å². The van der Waals surface area contributed by atoms with Crippen LogP contribution in [0.4, 0.5) is 16.3 Å². The van der Waals surface area contributed by atoms with Crippen LogP contribution in [-0.2, 0) is 0 Å². The summed E-state index contributed by atoms with van der Waals surface area (Å²) in [5, 5.41) is 33.5. The van der Waals surface area contributed by atoms with Crippen molar-refractivity contribution in [2.45, 2.75) is 31.2 Å². The molecule has 1 fully saturated rings. The lowest BCUT2D eigenvalue weighted by molar-refractivity contribution is 0.0438. The molecule has 0 bridgehead atoms. The first kappa shape index (κ1) is 18.8. The van der Waals surface area contributed by atoms with Crippen LogP contribution in [0, 0.1) is 11.3 Å². The van der Waals surface area contributed by atoms with Crippen molar-refractivity contribution in [3.8, 4) is 11.8 Å². The molecule has 1 saturated carbocycles. The van der Waals surface area contributed by atoms with Gasteiger partial charge in [0.05, 0.1) is 30.3 Å². The second kappa shape index (κ2) is 8.18. The summed E-state index contributed by atoms with van der Waals surface area (Å²) >= 11 is 6.00. The molecule has 3 rings (SSSR count). The molecule has 1 heterocycles. The van der Waals surface area contributed by atoms with Crippen LogP contribution in [0.1, 0.15) is 18.5 Å². The first-order valence-corrected chi connectivity index (χ1v) is 8.45. The van der Waals surface area contributed by atoms with Crippen LogP contribution in [0.5, 0.6) is 5.75 Å². The number of benzene rings is 1. The van der Waals surface area contributed by atoms with Gasteiger partial charge < -0.3 is 20.3 Å². The van der Waals surface area contributed by atoms with E-state index in [4.69, 9.17) is 21.6 Å². The van der Waals surface area contributed by atoms with Gasteiger partial charge in [-0.05, 0) is 18.2 Å². The maximum atomic E-state index is 12.2. The minimum absolute atomic E-state index is 0.132. The molecule has 0 aliphatic heterocycles. The number of nitrogens with one attached hydrogen (secondary N) is 2. The second-order valence-corrected chi connectivity index (χ2v) is 6.40. The first-order chi connectivity index (χ1) is 12.9. The molecule has 2 amide bonds. The molecule has 1 aliphatic carbocycles. The molecule has 2 atom stereocenters. The number of urea groups is 1. The van der Waals surface area contributed by atoms with Crippen LogP contribution < -0.4 is 15.4 Å². The molecule has 0 radical (unpaired) electrons. The first-order valence-electron chi connectivity index (χ1n) is 8.07. The van der Waals surface area contributed by atoms with Crippen molar-refractivity contribution >= 4 is 29.1 Å². The van der Waals surface area contributed by atoms with Gasteiger partial charge >= 0.3 is 6.03 Å². The molecule has 1 aliphatic rings. The third kappa shape index (κ3) is 4.83. The zero-order valence-corrected chi connectivity index (χ0v) is 14.7. The molecule has 4 N–H and O–H groups in total. The number of aliphatic hydroxyl groups excluding tert-OH is 2. The number of aliphatic hydroxyl groups is 2. The van der Waals surface area contributed by atoms with Crippen molar-refractivity contribution in [2.75, 3.05) is 10.6 Å². The summed E-state index contributed by atoms with van der Waals surface area (Å²) in [6.07, 6.45) is 1.01. The van der Waals surface area contributed by atoms with Gasteiger partial charge in [-0.2, -0.15) is 5.26 Å². The molecule has 0 unspecified atom stereocenters. The van der Waals surface area contributed by atoms with Gasteiger partial charge in [0, 0.05) is 17.9 Å². The monoisotopic (exact) mass is 389 g/mol. The van der Waals surface area contributed by atoms with Crippen LogP contribution in [0.15, 0.2) is 30.6 Å². The minimum atomic E-state index is -0.836. The van der Waals surface area contributed by atoms with E-state index < -0.39 is 18.2 Å². The molecule has 2 aromatic rings. The van der Waals surface area contributed by atoms with E-state index in [1.165, 1.54) is 18.5 Å². The standard InChI is InChI=1S/C17H16ClN5O4/c18-9-1-2-15(27-11-4-13(24)14(25)5-11)12(3-9)22-17(26)23-16-8-20-10(6-19)7-21-16/h1-3,7-8,11,13-14,24-25H,4-5H2,(H2,21,22,23,26)/t13-,14-/m0/s1. The van der Waals surface area contributed by atoms with Gasteiger partial charge in [0.25, 0.3) is 0 Å². The Kier molecular flexibility index (Phi) is 5.71. The van der Waals surface area contributed by atoms with E-state index in [0.717, 1.165) is 0 Å². The molecule has 0 spiro atoms. The van der Waals surface area contributed by atoms with Crippen LogP contribution in [0.25, 0.3) is 0 Å².